The molecule has 7 heteroatoms. The SMILES string of the molecule is Bc1ccc(CN(C)C(=O)CCCNC(=O)OC(C)(C)C)cc1Cl. The molecule has 1 aromatic carbocycles. The van der Waals surface area contributed by atoms with E-state index in [9.17, 15) is 9.59 Å². The van der Waals surface area contributed by atoms with E-state index in [1.165, 1.54) is 0 Å². The summed E-state index contributed by atoms with van der Waals surface area (Å²) in [5.41, 5.74) is 1.49. The van der Waals surface area contributed by atoms with Crippen LogP contribution in [0, 0.1) is 0 Å². The highest BCUT2D eigenvalue weighted by Gasteiger charge is 2.16. The fourth-order valence-electron chi connectivity index (χ4n) is 2.03. The van der Waals surface area contributed by atoms with Gasteiger partial charge in [-0.15, -0.1) is 0 Å². The Balaban J connectivity index is 2.32. The van der Waals surface area contributed by atoms with Gasteiger partial charge in [0.05, 0.1) is 0 Å². The highest BCUT2D eigenvalue weighted by molar-refractivity contribution is 6.45. The summed E-state index contributed by atoms with van der Waals surface area (Å²) in [5, 5.41) is 3.35. The van der Waals surface area contributed by atoms with Crippen molar-refractivity contribution in [2.75, 3.05) is 13.6 Å². The van der Waals surface area contributed by atoms with Crippen LogP contribution in [0.4, 0.5) is 4.79 Å². The molecule has 1 rings (SSSR count). The number of halogens is 1. The number of nitrogens with zero attached hydrogens (tertiary/aromatic N) is 1. The molecule has 0 bridgehead atoms. The van der Waals surface area contributed by atoms with E-state index < -0.39 is 11.7 Å². The number of ether oxygens (including phenoxy) is 1. The van der Waals surface area contributed by atoms with Crippen molar-refractivity contribution in [2.45, 2.75) is 45.8 Å². The summed E-state index contributed by atoms with van der Waals surface area (Å²) in [6.45, 7) is 6.34. The fourth-order valence-corrected chi connectivity index (χ4v) is 2.23. The lowest BCUT2D eigenvalue weighted by molar-refractivity contribution is -0.130. The van der Waals surface area contributed by atoms with E-state index in [0.717, 1.165) is 11.0 Å². The molecule has 0 aliphatic rings. The molecule has 24 heavy (non-hydrogen) atoms. The summed E-state index contributed by atoms with van der Waals surface area (Å²) in [6, 6.07) is 5.79. The molecular formula is C17H26BClN2O3. The number of hydrogen-bond acceptors (Lipinski definition) is 3. The van der Waals surface area contributed by atoms with Crippen LogP contribution in [0.25, 0.3) is 0 Å². The normalized spacial score (nSPS) is 11.0. The van der Waals surface area contributed by atoms with Gasteiger partial charge in [0.25, 0.3) is 0 Å². The van der Waals surface area contributed by atoms with E-state index >= 15 is 0 Å². The van der Waals surface area contributed by atoms with Crippen LogP contribution in [0.5, 0.6) is 0 Å². The van der Waals surface area contributed by atoms with Gasteiger partial charge in [-0.2, -0.15) is 0 Å². The molecule has 0 spiro atoms. The maximum absolute atomic E-state index is 12.1. The number of rotatable bonds is 6. The predicted octanol–water partition coefficient (Wildman–Crippen LogP) is 1.86. The summed E-state index contributed by atoms with van der Waals surface area (Å²) in [7, 11) is 3.70. The second-order valence-electron chi connectivity index (χ2n) is 6.87. The minimum Gasteiger partial charge on any atom is -0.444 e. The maximum Gasteiger partial charge on any atom is 0.407 e. The van der Waals surface area contributed by atoms with Crippen LogP contribution in [0.15, 0.2) is 18.2 Å². The average molecular weight is 353 g/mol. The Morgan fingerprint density at radius 2 is 2.00 bits per heavy atom. The van der Waals surface area contributed by atoms with Gasteiger partial charge in [-0.25, -0.2) is 4.79 Å². The minimum absolute atomic E-state index is 0.0256. The molecule has 2 amide bonds. The van der Waals surface area contributed by atoms with Crippen LogP contribution in [0.2, 0.25) is 5.02 Å². The Kier molecular flexibility index (Phi) is 7.61. The van der Waals surface area contributed by atoms with Crippen molar-refractivity contribution in [1.82, 2.24) is 10.2 Å². The standard InChI is InChI=1S/C17H26BClN2O3/c1-17(2,3)24-16(23)20-9-5-6-15(22)21(4)11-12-7-8-13(18)14(19)10-12/h7-8,10H,5-6,9,11,18H2,1-4H3,(H,20,23). The van der Waals surface area contributed by atoms with E-state index in [-0.39, 0.29) is 5.91 Å². The first-order valence-corrected chi connectivity index (χ1v) is 8.42. The van der Waals surface area contributed by atoms with Crippen molar-refractivity contribution in [3.8, 4) is 0 Å². The molecule has 0 unspecified atom stereocenters. The van der Waals surface area contributed by atoms with Gasteiger partial charge in [-0.05, 0) is 38.8 Å². The van der Waals surface area contributed by atoms with Crippen LogP contribution in [-0.2, 0) is 16.1 Å². The van der Waals surface area contributed by atoms with Gasteiger partial charge in [0.15, 0.2) is 0 Å². The monoisotopic (exact) mass is 352 g/mol. The molecule has 0 aliphatic heterocycles. The van der Waals surface area contributed by atoms with E-state index in [1.807, 2.05) is 46.8 Å². The van der Waals surface area contributed by atoms with E-state index in [0.29, 0.717) is 31.0 Å². The topological polar surface area (TPSA) is 58.6 Å². The molecule has 0 aromatic heterocycles. The lowest BCUT2D eigenvalue weighted by Gasteiger charge is -2.20. The highest BCUT2D eigenvalue weighted by Crippen LogP contribution is 2.11. The van der Waals surface area contributed by atoms with Gasteiger partial charge in [0.2, 0.25) is 5.91 Å². The molecule has 5 nitrogen and oxygen atoms in total. The molecule has 0 radical (unpaired) electrons. The molecule has 0 atom stereocenters. The second kappa shape index (κ2) is 8.97. The highest BCUT2D eigenvalue weighted by atomic mass is 35.5. The van der Waals surface area contributed by atoms with Gasteiger partial charge in [0, 0.05) is 31.6 Å². The van der Waals surface area contributed by atoms with Crippen molar-refractivity contribution in [3.63, 3.8) is 0 Å². The predicted molar refractivity (Wildman–Crippen MR) is 99.6 cm³/mol. The fraction of sp³-hybridized carbons (Fsp3) is 0.529. The van der Waals surface area contributed by atoms with Gasteiger partial charge >= 0.3 is 6.09 Å². The first kappa shape index (κ1) is 20.4. The van der Waals surface area contributed by atoms with Crippen LogP contribution in [0.1, 0.15) is 39.2 Å². The third-order valence-corrected chi connectivity index (χ3v) is 3.72. The van der Waals surface area contributed by atoms with Gasteiger partial charge in [0.1, 0.15) is 13.4 Å². The van der Waals surface area contributed by atoms with Crippen molar-refractivity contribution >= 4 is 36.9 Å². The Labute approximate surface area is 150 Å². The molecule has 0 saturated carbocycles. The van der Waals surface area contributed by atoms with E-state index in [1.54, 1.807) is 11.9 Å². The summed E-state index contributed by atoms with van der Waals surface area (Å²) in [6.07, 6.45) is 0.473. The number of hydrogen-bond donors (Lipinski definition) is 1. The van der Waals surface area contributed by atoms with Crippen molar-refractivity contribution in [1.29, 1.82) is 0 Å². The largest absolute Gasteiger partial charge is 0.444 e. The smallest absolute Gasteiger partial charge is 0.407 e. The lowest BCUT2D eigenvalue weighted by Crippen LogP contribution is -2.33. The van der Waals surface area contributed by atoms with Crippen LogP contribution >= 0.6 is 11.6 Å². The number of alkyl carbamates (subject to hydrolysis) is 1. The number of nitrogens with one attached hydrogen (secondary N) is 1. The van der Waals surface area contributed by atoms with Gasteiger partial charge < -0.3 is 15.0 Å². The van der Waals surface area contributed by atoms with E-state index in [2.05, 4.69) is 5.32 Å². The Morgan fingerprint density at radius 3 is 2.58 bits per heavy atom. The van der Waals surface area contributed by atoms with Crippen LogP contribution < -0.4 is 10.8 Å². The number of benzene rings is 1. The van der Waals surface area contributed by atoms with Crippen LogP contribution in [-0.4, -0.2) is 43.9 Å². The summed E-state index contributed by atoms with van der Waals surface area (Å²) >= 11 is 6.10. The Hall–Kier alpha value is -1.69. The van der Waals surface area contributed by atoms with Gasteiger partial charge in [-0.3, -0.25) is 4.79 Å². The molecule has 1 N–H and O–H groups in total. The van der Waals surface area contributed by atoms with Crippen LogP contribution in [0.3, 0.4) is 0 Å². The van der Waals surface area contributed by atoms with Crippen molar-refractivity contribution < 1.29 is 14.3 Å². The quantitative estimate of drug-likeness (QED) is 0.628. The zero-order chi connectivity index (χ0) is 18.3. The first-order chi connectivity index (χ1) is 11.1. The average Bonchev–Trinajstić information content (AvgIpc) is 2.45. The zero-order valence-electron chi connectivity index (χ0n) is 15.1. The van der Waals surface area contributed by atoms with Gasteiger partial charge in [-0.1, -0.05) is 29.2 Å². The summed E-state index contributed by atoms with van der Waals surface area (Å²) in [5.74, 6) is 0.0256. The molecule has 0 saturated heterocycles. The third kappa shape index (κ3) is 7.73. The second-order valence-corrected chi connectivity index (χ2v) is 7.27. The zero-order valence-corrected chi connectivity index (χ0v) is 15.9. The molecular weight excluding hydrogens is 326 g/mol. The number of carbonyl (C=O) groups excluding carboxylic acids is 2. The van der Waals surface area contributed by atoms with Crippen molar-refractivity contribution in [2.24, 2.45) is 0 Å². The first-order valence-electron chi connectivity index (χ1n) is 8.04. The van der Waals surface area contributed by atoms with Crippen molar-refractivity contribution in [3.05, 3.63) is 28.8 Å². The molecule has 1 aromatic rings. The maximum atomic E-state index is 12.1. The molecule has 0 aliphatic carbocycles. The molecule has 0 heterocycles. The summed E-state index contributed by atoms with van der Waals surface area (Å²) < 4.78 is 5.13. The molecule has 132 valence electrons. The summed E-state index contributed by atoms with van der Waals surface area (Å²) in [4.78, 5) is 25.3. The molecule has 0 fully saturated rings. The Bertz CT molecular complexity index is 588. The van der Waals surface area contributed by atoms with E-state index in [4.69, 9.17) is 16.3 Å². The Morgan fingerprint density at radius 1 is 1.33 bits per heavy atom. The lowest BCUT2D eigenvalue weighted by atomic mass is 9.95. The third-order valence-electron chi connectivity index (χ3n) is 3.32. The minimum atomic E-state index is -0.518. The number of carbonyl (C=O) groups is 2. The number of amides is 2.